The first-order valence-corrected chi connectivity index (χ1v) is 12.3. The quantitative estimate of drug-likeness (QED) is 0.493. The maximum absolute atomic E-state index is 13.7. The van der Waals surface area contributed by atoms with E-state index in [1.807, 2.05) is 24.3 Å². The summed E-state index contributed by atoms with van der Waals surface area (Å²) in [6, 6.07) is 12.8. The summed E-state index contributed by atoms with van der Waals surface area (Å²) in [6.45, 7) is 8.24. The number of thiazole rings is 1. The second-order valence-electron chi connectivity index (χ2n) is 9.56. The third kappa shape index (κ3) is 4.60. The molecule has 2 aromatic carbocycles. The Kier molecular flexibility index (Phi) is 6.91. The lowest BCUT2D eigenvalue weighted by Gasteiger charge is -2.25. The molecule has 0 bridgehead atoms. The van der Waals surface area contributed by atoms with Gasteiger partial charge in [-0.3, -0.25) is 9.36 Å². The van der Waals surface area contributed by atoms with Crippen molar-refractivity contribution in [3.8, 4) is 11.5 Å². The molecule has 36 heavy (non-hydrogen) atoms. The molecule has 7 nitrogen and oxygen atoms in total. The predicted molar refractivity (Wildman–Crippen MR) is 140 cm³/mol. The van der Waals surface area contributed by atoms with Crippen molar-refractivity contribution < 1.29 is 19.0 Å². The Labute approximate surface area is 214 Å². The third-order valence-electron chi connectivity index (χ3n) is 6.22. The lowest BCUT2D eigenvalue weighted by molar-refractivity contribution is -0.136. The first-order valence-electron chi connectivity index (χ1n) is 11.5. The van der Waals surface area contributed by atoms with Crippen LogP contribution < -0.4 is 24.4 Å². The third-order valence-corrected chi connectivity index (χ3v) is 7.21. The van der Waals surface area contributed by atoms with E-state index < -0.39 is 12.0 Å². The highest BCUT2D eigenvalue weighted by molar-refractivity contribution is 7.07. The van der Waals surface area contributed by atoms with E-state index >= 15 is 0 Å². The molecule has 1 aliphatic heterocycles. The molecule has 4 rings (SSSR count). The van der Waals surface area contributed by atoms with Crippen LogP contribution in [0, 0.1) is 0 Å². The highest BCUT2D eigenvalue weighted by Gasteiger charge is 2.33. The van der Waals surface area contributed by atoms with Crippen LogP contribution in [-0.2, 0) is 14.9 Å². The molecule has 0 fully saturated rings. The van der Waals surface area contributed by atoms with Crippen molar-refractivity contribution in [3.05, 3.63) is 90.1 Å². The van der Waals surface area contributed by atoms with Crippen LogP contribution in [0.3, 0.4) is 0 Å². The normalized spacial score (nSPS) is 15.9. The molecular weight excluding hydrogens is 476 g/mol. The van der Waals surface area contributed by atoms with Crippen LogP contribution in [0.1, 0.15) is 50.4 Å². The number of nitrogens with zero attached hydrogens (tertiary/aromatic N) is 2. The van der Waals surface area contributed by atoms with Gasteiger partial charge in [0.05, 0.1) is 43.2 Å². The van der Waals surface area contributed by atoms with Crippen molar-refractivity contribution in [2.75, 3.05) is 21.3 Å². The molecule has 0 saturated heterocycles. The Morgan fingerprint density at radius 1 is 1.03 bits per heavy atom. The molecule has 0 radical (unpaired) electrons. The Bertz CT molecular complexity index is 1520. The summed E-state index contributed by atoms with van der Waals surface area (Å²) in [7, 11) is 4.42. The predicted octanol–water partition coefficient (Wildman–Crippen LogP) is 3.72. The van der Waals surface area contributed by atoms with E-state index in [1.165, 1.54) is 24.0 Å². The summed E-state index contributed by atoms with van der Waals surface area (Å²) >= 11 is 1.29. The van der Waals surface area contributed by atoms with Gasteiger partial charge in [-0.2, -0.15) is 0 Å². The fraction of sp³-hybridized carbons (Fsp3) is 0.321. The van der Waals surface area contributed by atoms with E-state index in [0.29, 0.717) is 37.7 Å². The number of methoxy groups -OCH3 is 3. The molecule has 8 heteroatoms. The highest BCUT2D eigenvalue weighted by Crippen LogP contribution is 2.36. The van der Waals surface area contributed by atoms with E-state index in [1.54, 1.807) is 37.8 Å². The number of hydrogen-bond donors (Lipinski definition) is 0. The molecule has 188 valence electrons. The van der Waals surface area contributed by atoms with E-state index in [-0.39, 0.29) is 11.0 Å². The molecule has 1 atom stereocenters. The number of fused-ring (bicyclic) bond motifs is 1. The van der Waals surface area contributed by atoms with Crippen LogP contribution >= 0.6 is 11.3 Å². The Morgan fingerprint density at radius 2 is 1.69 bits per heavy atom. The molecule has 1 unspecified atom stereocenters. The molecule has 0 aliphatic carbocycles. The highest BCUT2D eigenvalue weighted by atomic mass is 32.1. The average molecular weight is 507 g/mol. The van der Waals surface area contributed by atoms with Gasteiger partial charge in [0.25, 0.3) is 5.56 Å². The van der Waals surface area contributed by atoms with Gasteiger partial charge in [0.2, 0.25) is 0 Å². The van der Waals surface area contributed by atoms with Gasteiger partial charge in [0, 0.05) is 0 Å². The lowest BCUT2D eigenvalue weighted by atomic mass is 9.87. The molecule has 1 aliphatic rings. The zero-order valence-electron chi connectivity index (χ0n) is 21.5. The van der Waals surface area contributed by atoms with Gasteiger partial charge in [-0.05, 0) is 47.2 Å². The number of rotatable bonds is 5. The van der Waals surface area contributed by atoms with Crippen LogP contribution in [0.4, 0.5) is 0 Å². The molecule has 0 amide bonds. The largest absolute Gasteiger partial charge is 0.493 e. The van der Waals surface area contributed by atoms with Crippen LogP contribution in [-0.4, -0.2) is 31.9 Å². The minimum atomic E-state index is -0.723. The minimum Gasteiger partial charge on any atom is -0.493 e. The van der Waals surface area contributed by atoms with Crippen molar-refractivity contribution in [1.82, 2.24) is 4.57 Å². The second-order valence-corrected chi connectivity index (χ2v) is 10.6. The van der Waals surface area contributed by atoms with Gasteiger partial charge in [0.15, 0.2) is 16.3 Å². The maximum Gasteiger partial charge on any atom is 0.338 e. The molecule has 0 N–H and O–H groups in total. The van der Waals surface area contributed by atoms with Gasteiger partial charge >= 0.3 is 5.97 Å². The van der Waals surface area contributed by atoms with Crippen LogP contribution in [0.5, 0.6) is 11.5 Å². The molecule has 3 aromatic rings. The Balaban J connectivity index is 1.92. The SMILES string of the molecule is COC(=O)C1=C(C)N=c2s/c(=C/c3ccc(C(C)(C)C)cc3)c(=O)n2C1c1ccc(OC)c(OC)c1. The zero-order chi connectivity index (χ0) is 26.2. The monoisotopic (exact) mass is 506 g/mol. The van der Waals surface area contributed by atoms with E-state index in [0.717, 1.165) is 5.56 Å². The summed E-state index contributed by atoms with van der Waals surface area (Å²) in [5, 5.41) is 0. The summed E-state index contributed by atoms with van der Waals surface area (Å²) in [6.07, 6.45) is 1.86. The summed E-state index contributed by atoms with van der Waals surface area (Å²) in [5.74, 6) is 0.505. The molecule has 0 spiro atoms. The van der Waals surface area contributed by atoms with Crippen LogP contribution in [0.15, 0.2) is 63.5 Å². The smallest absolute Gasteiger partial charge is 0.338 e. The number of esters is 1. The minimum absolute atomic E-state index is 0.0408. The standard InChI is InChI=1S/C28H30N2O5S/c1-16-23(26(32)35-7)24(18-10-13-20(33-5)21(15-18)34-6)30-25(31)22(36-27(30)29-16)14-17-8-11-19(12-9-17)28(2,3)4/h8-15,24H,1-7H3/b22-14+. The van der Waals surface area contributed by atoms with E-state index in [4.69, 9.17) is 14.2 Å². The van der Waals surface area contributed by atoms with Gasteiger partial charge in [-0.25, -0.2) is 9.79 Å². The molecule has 2 heterocycles. The number of carbonyl (C=O) groups excluding carboxylic acids is 1. The topological polar surface area (TPSA) is 79.1 Å². The number of allylic oxidation sites excluding steroid dienone is 1. The number of benzene rings is 2. The van der Waals surface area contributed by atoms with Gasteiger partial charge in [-0.1, -0.05) is 62.4 Å². The first kappa shape index (κ1) is 25.4. The van der Waals surface area contributed by atoms with Gasteiger partial charge < -0.3 is 14.2 Å². The van der Waals surface area contributed by atoms with Crippen molar-refractivity contribution in [2.24, 2.45) is 4.99 Å². The average Bonchev–Trinajstić information content (AvgIpc) is 3.16. The lowest BCUT2D eigenvalue weighted by Crippen LogP contribution is -2.39. The van der Waals surface area contributed by atoms with Crippen molar-refractivity contribution in [2.45, 2.75) is 39.2 Å². The maximum atomic E-state index is 13.7. The molecule has 1 aromatic heterocycles. The number of aromatic nitrogens is 1. The first-order chi connectivity index (χ1) is 17.1. The fourth-order valence-corrected chi connectivity index (χ4v) is 5.31. The summed E-state index contributed by atoms with van der Waals surface area (Å²) < 4.78 is 18.0. The van der Waals surface area contributed by atoms with Crippen LogP contribution in [0.25, 0.3) is 6.08 Å². The Hall–Kier alpha value is -3.65. The number of ether oxygens (including phenoxy) is 3. The number of carbonyl (C=O) groups is 1. The Morgan fingerprint density at radius 3 is 2.28 bits per heavy atom. The summed E-state index contributed by atoms with van der Waals surface area (Å²) in [4.78, 5) is 31.7. The van der Waals surface area contributed by atoms with Crippen LogP contribution in [0.2, 0.25) is 0 Å². The number of hydrogen-bond acceptors (Lipinski definition) is 7. The fourth-order valence-electron chi connectivity index (χ4n) is 4.26. The zero-order valence-corrected chi connectivity index (χ0v) is 22.4. The van der Waals surface area contributed by atoms with Crippen molar-refractivity contribution >= 4 is 23.4 Å². The molecular formula is C28H30N2O5S. The molecule has 0 saturated carbocycles. The van der Waals surface area contributed by atoms with Gasteiger partial charge in [0.1, 0.15) is 0 Å². The van der Waals surface area contributed by atoms with Crippen molar-refractivity contribution in [3.63, 3.8) is 0 Å². The van der Waals surface area contributed by atoms with E-state index in [9.17, 15) is 9.59 Å². The summed E-state index contributed by atoms with van der Waals surface area (Å²) in [5.41, 5.74) is 3.44. The van der Waals surface area contributed by atoms with Crippen molar-refractivity contribution in [1.29, 1.82) is 0 Å². The van der Waals surface area contributed by atoms with E-state index in [2.05, 4.69) is 37.9 Å². The second kappa shape index (κ2) is 9.78. The van der Waals surface area contributed by atoms with Gasteiger partial charge in [-0.15, -0.1) is 0 Å².